The van der Waals surface area contributed by atoms with Gasteiger partial charge in [0, 0.05) is 29.8 Å². The minimum atomic E-state index is 0.456. The lowest BCUT2D eigenvalue weighted by molar-refractivity contribution is 0.742. The van der Waals surface area contributed by atoms with Crippen LogP contribution in [0.4, 0.5) is 0 Å². The Morgan fingerprint density at radius 1 is 1.33 bits per heavy atom. The van der Waals surface area contributed by atoms with Crippen LogP contribution in [0.2, 0.25) is 0 Å². The van der Waals surface area contributed by atoms with E-state index >= 15 is 0 Å². The number of hydrogen-bond donors (Lipinski definition) is 1. The lowest BCUT2D eigenvalue weighted by Gasteiger charge is -2.02. The van der Waals surface area contributed by atoms with Crippen LogP contribution in [-0.4, -0.2) is 9.78 Å². The van der Waals surface area contributed by atoms with Crippen molar-refractivity contribution in [2.75, 3.05) is 0 Å². The molecular formula is C11H12BrN3. The second kappa shape index (κ2) is 4.16. The third-order valence-corrected chi connectivity index (χ3v) is 2.95. The van der Waals surface area contributed by atoms with E-state index in [2.05, 4.69) is 27.1 Å². The summed E-state index contributed by atoms with van der Waals surface area (Å²) >= 11 is 3.53. The van der Waals surface area contributed by atoms with E-state index in [1.54, 1.807) is 4.68 Å². The van der Waals surface area contributed by atoms with E-state index in [-0.39, 0.29) is 0 Å². The standard InChI is InChI=1S/C11H12BrN3/c1-15-7-9(11(6-13)14-15)8-4-2-3-5-10(8)12/h2-5,7H,6,13H2,1H3. The van der Waals surface area contributed by atoms with Gasteiger partial charge in [-0.25, -0.2) is 0 Å². The summed E-state index contributed by atoms with van der Waals surface area (Å²) in [6.07, 6.45) is 1.99. The highest BCUT2D eigenvalue weighted by Gasteiger charge is 2.10. The van der Waals surface area contributed by atoms with Crippen LogP contribution in [0.15, 0.2) is 34.9 Å². The summed E-state index contributed by atoms with van der Waals surface area (Å²) in [7, 11) is 1.90. The van der Waals surface area contributed by atoms with E-state index in [9.17, 15) is 0 Å². The van der Waals surface area contributed by atoms with E-state index < -0.39 is 0 Å². The summed E-state index contributed by atoms with van der Waals surface area (Å²) in [5.74, 6) is 0. The molecule has 1 aromatic carbocycles. The van der Waals surface area contributed by atoms with Crippen LogP contribution in [-0.2, 0) is 13.6 Å². The van der Waals surface area contributed by atoms with Crippen LogP contribution in [0.3, 0.4) is 0 Å². The average molecular weight is 266 g/mol. The summed E-state index contributed by atoms with van der Waals surface area (Å²) in [4.78, 5) is 0. The van der Waals surface area contributed by atoms with E-state index in [1.807, 2.05) is 31.4 Å². The molecule has 0 saturated carbocycles. The zero-order valence-corrected chi connectivity index (χ0v) is 10.0. The Morgan fingerprint density at radius 3 is 2.73 bits per heavy atom. The molecule has 0 unspecified atom stereocenters. The molecule has 3 nitrogen and oxygen atoms in total. The second-order valence-electron chi connectivity index (χ2n) is 3.35. The highest BCUT2D eigenvalue weighted by Crippen LogP contribution is 2.29. The molecule has 0 atom stereocenters. The normalized spacial score (nSPS) is 10.6. The zero-order valence-electron chi connectivity index (χ0n) is 8.44. The Bertz CT molecular complexity index is 476. The van der Waals surface area contributed by atoms with E-state index in [1.165, 1.54) is 0 Å². The van der Waals surface area contributed by atoms with Gasteiger partial charge in [0.15, 0.2) is 0 Å². The first kappa shape index (κ1) is 10.4. The maximum Gasteiger partial charge on any atom is 0.0838 e. The number of aryl methyl sites for hydroxylation is 1. The molecular weight excluding hydrogens is 254 g/mol. The number of hydrogen-bond acceptors (Lipinski definition) is 2. The number of nitrogens with two attached hydrogens (primary N) is 1. The van der Waals surface area contributed by atoms with Gasteiger partial charge >= 0.3 is 0 Å². The van der Waals surface area contributed by atoms with Crippen LogP contribution >= 0.6 is 15.9 Å². The molecule has 4 heteroatoms. The summed E-state index contributed by atoms with van der Waals surface area (Å²) in [5, 5.41) is 4.32. The van der Waals surface area contributed by atoms with Crippen molar-refractivity contribution in [3.63, 3.8) is 0 Å². The van der Waals surface area contributed by atoms with Gasteiger partial charge < -0.3 is 5.73 Å². The van der Waals surface area contributed by atoms with Crippen LogP contribution in [0.1, 0.15) is 5.69 Å². The smallest absolute Gasteiger partial charge is 0.0838 e. The molecule has 0 radical (unpaired) electrons. The third-order valence-electron chi connectivity index (χ3n) is 2.26. The SMILES string of the molecule is Cn1cc(-c2ccccc2Br)c(CN)n1. The van der Waals surface area contributed by atoms with Crippen molar-refractivity contribution in [2.45, 2.75) is 6.54 Å². The molecule has 0 fully saturated rings. The topological polar surface area (TPSA) is 43.8 Å². The fourth-order valence-corrected chi connectivity index (χ4v) is 2.09. The van der Waals surface area contributed by atoms with Crippen LogP contribution in [0.25, 0.3) is 11.1 Å². The number of nitrogens with zero attached hydrogens (tertiary/aromatic N) is 2. The van der Waals surface area contributed by atoms with Gasteiger partial charge in [0.1, 0.15) is 0 Å². The maximum atomic E-state index is 5.66. The molecule has 0 aliphatic heterocycles. The lowest BCUT2D eigenvalue weighted by atomic mass is 10.1. The van der Waals surface area contributed by atoms with Gasteiger partial charge in [-0.3, -0.25) is 4.68 Å². The highest BCUT2D eigenvalue weighted by molar-refractivity contribution is 9.10. The second-order valence-corrected chi connectivity index (χ2v) is 4.20. The first-order valence-corrected chi connectivity index (χ1v) is 5.49. The van der Waals surface area contributed by atoms with E-state index in [4.69, 9.17) is 5.73 Å². The Labute approximate surface area is 97.0 Å². The predicted molar refractivity (Wildman–Crippen MR) is 64.2 cm³/mol. The zero-order chi connectivity index (χ0) is 10.8. The Morgan fingerprint density at radius 2 is 2.07 bits per heavy atom. The number of benzene rings is 1. The largest absolute Gasteiger partial charge is 0.325 e. The molecule has 2 N–H and O–H groups in total. The van der Waals surface area contributed by atoms with Crippen molar-refractivity contribution in [1.29, 1.82) is 0 Å². The van der Waals surface area contributed by atoms with Crippen LogP contribution in [0.5, 0.6) is 0 Å². The Hall–Kier alpha value is -1.13. The van der Waals surface area contributed by atoms with Gasteiger partial charge in [0.2, 0.25) is 0 Å². The minimum Gasteiger partial charge on any atom is -0.325 e. The van der Waals surface area contributed by atoms with Gasteiger partial charge in [-0.15, -0.1) is 0 Å². The molecule has 0 bridgehead atoms. The molecule has 1 aromatic heterocycles. The molecule has 1 heterocycles. The molecule has 78 valence electrons. The van der Waals surface area contributed by atoms with Gasteiger partial charge in [-0.1, -0.05) is 34.1 Å². The van der Waals surface area contributed by atoms with Crippen molar-refractivity contribution in [3.8, 4) is 11.1 Å². The minimum absolute atomic E-state index is 0.456. The quantitative estimate of drug-likeness (QED) is 0.906. The summed E-state index contributed by atoms with van der Waals surface area (Å²) in [6.45, 7) is 0.456. The first-order chi connectivity index (χ1) is 7.22. The van der Waals surface area contributed by atoms with Crippen molar-refractivity contribution in [1.82, 2.24) is 9.78 Å². The maximum absolute atomic E-state index is 5.66. The third kappa shape index (κ3) is 1.96. The Kier molecular flexibility index (Phi) is 2.88. The van der Waals surface area contributed by atoms with Gasteiger partial charge in [-0.2, -0.15) is 5.10 Å². The van der Waals surface area contributed by atoms with E-state index in [0.29, 0.717) is 6.54 Å². The monoisotopic (exact) mass is 265 g/mol. The number of aromatic nitrogens is 2. The van der Waals surface area contributed by atoms with E-state index in [0.717, 1.165) is 21.3 Å². The average Bonchev–Trinajstić information content (AvgIpc) is 2.60. The summed E-state index contributed by atoms with van der Waals surface area (Å²) in [6, 6.07) is 8.07. The van der Waals surface area contributed by atoms with Crippen LogP contribution < -0.4 is 5.73 Å². The van der Waals surface area contributed by atoms with Crippen molar-refractivity contribution < 1.29 is 0 Å². The summed E-state index contributed by atoms with van der Waals surface area (Å²) in [5.41, 5.74) is 8.80. The Balaban J connectivity index is 2.58. The lowest BCUT2D eigenvalue weighted by Crippen LogP contribution is -1.99. The first-order valence-electron chi connectivity index (χ1n) is 4.70. The molecule has 15 heavy (non-hydrogen) atoms. The molecule has 0 spiro atoms. The van der Waals surface area contributed by atoms with Crippen molar-refractivity contribution in [2.24, 2.45) is 12.8 Å². The van der Waals surface area contributed by atoms with Gasteiger partial charge in [0.25, 0.3) is 0 Å². The van der Waals surface area contributed by atoms with Gasteiger partial charge in [-0.05, 0) is 11.6 Å². The van der Waals surface area contributed by atoms with Crippen molar-refractivity contribution >= 4 is 15.9 Å². The fourth-order valence-electron chi connectivity index (χ4n) is 1.59. The highest BCUT2D eigenvalue weighted by atomic mass is 79.9. The molecule has 0 aliphatic rings. The number of halogens is 1. The molecule has 0 aliphatic carbocycles. The summed E-state index contributed by atoms with van der Waals surface area (Å²) < 4.78 is 2.85. The van der Waals surface area contributed by atoms with Crippen LogP contribution in [0, 0.1) is 0 Å². The molecule has 2 aromatic rings. The van der Waals surface area contributed by atoms with Gasteiger partial charge in [0.05, 0.1) is 5.69 Å². The molecule has 0 saturated heterocycles. The fraction of sp³-hybridized carbons (Fsp3) is 0.182. The molecule has 2 rings (SSSR count). The molecule has 0 amide bonds. The predicted octanol–water partition coefficient (Wildman–Crippen LogP) is 2.31. The van der Waals surface area contributed by atoms with Crippen molar-refractivity contribution in [3.05, 3.63) is 40.6 Å². The number of rotatable bonds is 2.